The van der Waals surface area contributed by atoms with Crippen LogP contribution in [0.2, 0.25) is 0 Å². The number of hydrogen-bond donors (Lipinski definition) is 0. The largest absolute Gasteiger partial charge is 0.466 e. The third kappa shape index (κ3) is 6.82. The smallest absolute Gasteiger partial charge is 0.315 e. The van der Waals surface area contributed by atoms with Crippen LogP contribution in [0.15, 0.2) is 54.6 Å². The lowest BCUT2D eigenvalue weighted by Gasteiger charge is -2.37. The fraction of sp³-hybridized carbons (Fsp3) is 0.346. The molecule has 0 aliphatic carbocycles. The van der Waals surface area contributed by atoms with Crippen molar-refractivity contribution in [1.82, 2.24) is 4.90 Å². The summed E-state index contributed by atoms with van der Waals surface area (Å²) in [6.07, 6.45) is 0.248. The van der Waals surface area contributed by atoms with Crippen LogP contribution >= 0.6 is 0 Å². The normalized spacial score (nSPS) is 12.1. The lowest BCUT2D eigenvalue weighted by atomic mass is 9.94. The van der Waals surface area contributed by atoms with Gasteiger partial charge in [-0.25, -0.2) is 0 Å². The molecule has 5 nitrogen and oxygen atoms in total. The minimum Gasteiger partial charge on any atom is -0.466 e. The Morgan fingerprint density at radius 2 is 1.65 bits per heavy atom. The van der Waals surface area contributed by atoms with Crippen LogP contribution in [0.5, 0.6) is 0 Å². The van der Waals surface area contributed by atoms with Gasteiger partial charge in [0, 0.05) is 17.7 Å². The number of benzene rings is 2. The molecule has 162 valence electrons. The van der Waals surface area contributed by atoms with Gasteiger partial charge in [0.05, 0.1) is 6.61 Å². The molecule has 2 aromatic rings. The van der Waals surface area contributed by atoms with Crippen molar-refractivity contribution < 1.29 is 19.1 Å². The van der Waals surface area contributed by atoms with Crippen molar-refractivity contribution in [3.63, 3.8) is 0 Å². The second-order valence-electron chi connectivity index (χ2n) is 7.46. The van der Waals surface area contributed by atoms with Gasteiger partial charge in [-0.1, -0.05) is 61.2 Å². The monoisotopic (exact) mass is 419 g/mol. The van der Waals surface area contributed by atoms with E-state index < -0.39 is 11.5 Å². The first-order valence-corrected chi connectivity index (χ1v) is 10.4. The molecule has 0 aliphatic heterocycles. The maximum atomic E-state index is 13.1. The van der Waals surface area contributed by atoms with Crippen LogP contribution in [0.4, 0.5) is 0 Å². The van der Waals surface area contributed by atoms with Gasteiger partial charge in [-0.2, -0.15) is 0 Å². The summed E-state index contributed by atoms with van der Waals surface area (Å²) in [6, 6.07) is 16.7. The zero-order valence-corrected chi connectivity index (χ0v) is 18.6. The van der Waals surface area contributed by atoms with E-state index >= 15 is 0 Å². The number of rotatable bonds is 8. The number of Topliss-reactive ketones (excluding diaryl/α,β-unsaturated/α-hetero) is 1. The van der Waals surface area contributed by atoms with Crippen LogP contribution in [0.1, 0.15) is 62.0 Å². The number of ketones is 1. The first-order valence-electron chi connectivity index (χ1n) is 10.4. The van der Waals surface area contributed by atoms with E-state index in [-0.39, 0.29) is 24.7 Å². The number of carbonyl (C=O) groups is 3. The first-order chi connectivity index (χ1) is 14.8. The predicted molar refractivity (Wildman–Crippen MR) is 120 cm³/mol. The standard InChI is InChI=1S/C26H29NO4/c1-5-26(4,17-16-21-12-14-23(15-13-21)20(3)28)27(19-22-10-8-7-9-11-22)24(29)18-25(30)31-6-2/h7-15H,5-6,18-19H2,1-4H3. The number of nitrogens with zero attached hydrogens (tertiary/aromatic N) is 1. The molecule has 31 heavy (non-hydrogen) atoms. The molecule has 5 heteroatoms. The van der Waals surface area contributed by atoms with Crippen LogP contribution in [-0.2, 0) is 20.9 Å². The van der Waals surface area contributed by atoms with E-state index in [1.54, 1.807) is 36.1 Å². The first kappa shape index (κ1) is 23.9. The number of hydrogen-bond acceptors (Lipinski definition) is 4. The van der Waals surface area contributed by atoms with Crippen molar-refractivity contribution in [1.29, 1.82) is 0 Å². The Morgan fingerprint density at radius 3 is 2.19 bits per heavy atom. The van der Waals surface area contributed by atoms with Gasteiger partial charge < -0.3 is 9.64 Å². The molecule has 0 saturated carbocycles. The summed E-state index contributed by atoms with van der Waals surface area (Å²) < 4.78 is 4.97. The Kier molecular flexibility index (Phi) is 8.57. The average Bonchev–Trinajstić information content (AvgIpc) is 2.77. The molecule has 0 radical (unpaired) electrons. The van der Waals surface area contributed by atoms with Crippen LogP contribution in [-0.4, -0.2) is 34.7 Å². The summed E-state index contributed by atoms with van der Waals surface area (Å²) in [5.74, 6) is 5.49. The summed E-state index contributed by atoms with van der Waals surface area (Å²) in [5, 5.41) is 0. The Bertz CT molecular complexity index is 970. The van der Waals surface area contributed by atoms with Crippen molar-refractivity contribution >= 4 is 17.7 Å². The fourth-order valence-electron chi connectivity index (χ4n) is 3.08. The van der Waals surface area contributed by atoms with Crippen LogP contribution in [0, 0.1) is 11.8 Å². The minimum atomic E-state index is -0.793. The molecule has 0 fully saturated rings. The van der Waals surface area contributed by atoms with Crippen LogP contribution < -0.4 is 0 Å². The van der Waals surface area contributed by atoms with Gasteiger partial charge >= 0.3 is 5.97 Å². The van der Waals surface area contributed by atoms with Crippen molar-refractivity contribution in [2.45, 2.75) is 52.6 Å². The number of ether oxygens (including phenoxy) is 1. The third-order valence-electron chi connectivity index (χ3n) is 5.14. The van der Waals surface area contributed by atoms with Crippen molar-refractivity contribution in [2.24, 2.45) is 0 Å². The molecule has 0 heterocycles. The minimum absolute atomic E-state index is 0.00324. The van der Waals surface area contributed by atoms with Gasteiger partial charge in [-0.15, -0.1) is 0 Å². The molecule has 0 aromatic heterocycles. The summed E-state index contributed by atoms with van der Waals surface area (Å²) in [4.78, 5) is 38.2. The average molecular weight is 420 g/mol. The molecule has 0 N–H and O–H groups in total. The van der Waals surface area contributed by atoms with E-state index in [0.29, 0.717) is 18.5 Å². The van der Waals surface area contributed by atoms with Gasteiger partial charge in [-0.05, 0) is 44.9 Å². The van der Waals surface area contributed by atoms with Gasteiger partial charge in [0.2, 0.25) is 5.91 Å². The highest BCUT2D eigenvalue weighted by atomic mass is 16.5. The zero-order valence-electron chi connectivity index (χ0n) is 18.6. The molecule has 0 spiro atoms. The molecule has 1 amide bonds. The van der Waals surface area contributed by atoms with Gasteiger partial charge in [0.15, 0.2) is 5.78 Å². The van der Waals surface area contributed by atoms with Gasteiger partial charge in [0.25, 0.3) is 0 Å². The number of carbonyl (C=O) groups excluding carboxylic acids is 3. The van der Waals surface area contributed by atoms with Crippen molar-refractivity contribution in [2.75, 3.05) is 6.61 Å². The fourth-order valence-corrected chi connectivity index (χ4v) is 3.08. The van der Waals surface area contributed by atoms with Crippen LogP contribution in [0.3, 0.4) is 0 Å². The van der Waals surface area contributed by atoms with E-state index in [1.807, 2.05) is 44.2 Å². The van der Waals surface area contributed by atoms with Crippen molar-refractivity contribution in [3.8, 4) is 11.8 Å². The Hall–Kier alpha value is -3.39. The Labute approximate surface area is 184 Å². The third-order valence-corrected chi connectivity index (χ3v) is 5.14. The predicted octanol–water partition coefficient (Wildman–Crippen LogP) is 4.39. The van der Waals surface area contributed by atoms with E-state index in [2.05, 4.69) is 11.8 Å². The molecular formula is C26H29NO4. The van der Waals surface area contributed by atoms with Gasteiger partial charge in [-0.3, -0.25) is 14.4 Å². The topological polar surface area (TPSA) is 63.7 Å². The summed E-state index contributed by atoms with van der Waals surface area (Å²) in [6.45, 7) is 7.65. The maximum Gasteiger partial charge on any atom is 0.315 e. The zero-order chi connectivity index (χ0) is 22.9. The molecule has 0 saturated heterocycles. The lowest BCUT2D eigenvalue weighted by Crippen LogP contribution is -2.48. The van der Waals surface area contributed by atoms with E-state index in [1.165, 1.54) is 6.92 Å². The molecule has 2 aromatic carbocycles. The highest BCUT2D eigenvalue weighted by Crippen LogP contribution is 2.23. The summed E-state index contributed by atoms with van der Waals surface area (Å²) >= 11 is 0. The summed E-state index contributed by atoms with van der Waals surface area (Å²) in [7, 11) is 0. The van der Waals surface area contributed by atoms with Gasteiger partial charge in [0.1, 0.15) is 12.0 Å². The SMILES string of the molecule is CCOC(=O)CC(=O)N(Cc1ccccc1)C(C)(C#Cc1ccc(C(C)=O)cc1)CC. The molecule has 2 rings (SSSR count). The molecule has 1 unspecified atom stereocenters. The number of esters is 1. The van der Waals surface area contributed by atoms with E-state index in [0.717, 1.165) is 11.1 Å². The summed E-state index contributed by atoms with van der Waals surface area (Å²) in [5.41, 5.74) is 1.53. The number of amides is 1. The van der Waals surface area contributed by atoms with E-state index in [9.17, 15) is 14.4 Å². The van der Waals surface area contributed by atoms with E-state index in [4.69, 9.17) is 4.74 Å². The van der Waals surface area contributed by atoms with Crippen LogP contribution in [0.25, 0.3) is 0 Å². The molecule has 0 aliphatic rings. The highest BCUT2D eigenvalue weighted by Gasteiger charge is 2.33. The second-order valence-corrected chi connectivity index (χ2v) is 7.46. The second kappa shape index (κ2) is 11.1. The van der Waals surface area contributed by atoms with Crippen molar-refractivity contribution in [3.05, 3.63) is 71.3 Å². The Balaban J connectivity index is 2.36. The molecular weight excluding hydrogens is 390 g/mol. The lowest BCUT2D eigenvalue weighted by molar-refractivity contribution is -0.150. The highest BCUT2D eigenvalue weighted by molar-refractivity contribution is 5.95. The quantitative estimate of drug-likeness (QED) is 0.275. The Morgan fingerprint density at radius 1 is 1.00 bits per heavy atom. The molecule has 1 atom stereocenters. The maximum absolute atomic E-state index is 13.1. The molecule has 0 bridgehead atoms.